The van der Waals surface area contributed by atoms with Crippen LogP contribution in [0.1, 0.15) is 50.2 Å². The monoisotopic (exact) mass is 297 g/mol. The third-order valence-electron chi connectivity index (χ3n) is 3.92. The Morgan fingerprint density at radius 2 is 2.40 bits per heavy atom. The van der Waals surface area contributed by atoms with Crippen LogP contribution in [-0.2, 0) is 26.3 Å². The van der Waals surface area contributed by atoms with Gasteiger partial charge in [-0.05, 0) is 32.1 Å². The molecule has 2 unspecified atom stereocenters. The van der Waals surface area contributed by atoms with Gasteiger partial charge in [-0.25, -0.2) is 4.98 Å². The maximum atomic E-state index is 11.5. The molecule has 0 amide bonds. The molecule has 0 bridgehead atoms. The van der Waals surface area contributed by atoms with Gasteiger partial charge in [-0.2, -0.15) is 0 Å². The van der Waals surface area contributed by atoms with E-state index in [1.807, 2.05) is 12.3 Å². The zero-order valence-electron chi connectivity index (χ0n) is 12.5. The van der Waals surface area contributed by atoms with Crippen LogP contribution in [0, 0.1) is 5.92 Å². The van der Waals surface area contributed by atoms with Crippen LogP contribution in [0.3, 0.4) is 0 Å². The molecule has 20 heavy (non-hydrogen) atoms. The van der Waals surface area contributed by atoms with Crippen LogP contribution in [0.25, 0.3) is 0 Å². The highest BCUT2D eigenvalue weighted by Gasteiger charge is 2.39. The molecule has 2 rings (SSSR count). The number of carbonyl (C=O) groups excluding carboxylic acids is 1. The van der Waals surface area contributed by atoms with Gasteiger partial charge >= 0.3 is 5.97 Å². The highest BCUT2D eigenvalue weighted by atomic mass is 32.1. The second kappa shape index (κ2) is 6.68. The van der Waals surface area contributed by atoms with Crippen LogP contribution in [0.2, 0.25) is 0 Å². The fourth-order valence-corrected chi connectivity index (χ4v) is 3.96. The van der Waals surface area contributed by atoms with Gasteiger partial charge in [0.15, 0.2) is 0 Å². The van der Waals surface area contributed by atoms with Gasteiger partial charge in [-0.15, -0.1) is 11.3 Å². The van der Waals surface area contributed by atoms with Crippen LogP contribution >= 0.6 is 11.3 Å². The number of ether oxygens (including phenoxy) is 2. The number of hydrogen-bond donors (Lipinski definition) is 0. The highest BCUT2D eigenvalue weighted by Crippen LogP contribution is 2.43. The Morgan fingerprint density at radius 3 is 3.05 bits per heavy atom. The lowest BCUT2D eigenvalue weighted by Gasteiger charge is -2.37. The second-order valence-corrected chi connectivity index (χ2v) is 6.38. The number of aromatic nitrogens is 1. The third kappa shape index (κ3) is 3.38. The Hall–Kier alpha value is -0.940. The summed E-state index contributed by atoms with van der Waals surface area (Å²) >= 11 is 1.60. The molecule has 4 nitrogen and oxygen atoms in total. The average molecular weight is 297 g/mol. The number of rotatable bonds is 5. The largest absolute Gasteiger partial charge is 0.466 e. The molecule has 0 spiro atoms. The fourth-order valence-electron chi connectivity index (χ4n) is 2.93. The molecular formula is C15H23NO3S. The quantitative estimate of drug-likeness (QED) is 0.782. The topological polar surface area (TPSA) is 48.4 Å². The van der Waals surface area contributed by atoms with Crippen molar-refractivity contribution in [1.82, 2.24) is 4.98 Å². The number of hydrogen-bond acceptors (Lipinski definition) is 5. The van der Waals surface area contributed by atoms with Crippen molar-refractivity contribution in [3.05, 3.63) is 16.1 Å². The highest BCUT2D eigenvalue weighted by molar-refractivity contribution is 7.09. The van der Waals surface area contributed by atoms with Crippen LogP contribution in [0.5, 0.6) is 0 Å². The van der Waals surface area contributed by atoms with E-state index in [0.29, 0.717) is 12.5 Å². The molecule has 1 heterocycles. The van der Waals surface area contributed by atoms with E-state index >= 15 is 0 Å². The van der Waals surface area contributed by atoms with Crippen molar-refractivity contribution >= 4 is 17.3 Å². The Bertz CT molecular complexity index is 460. The molecule has 0 saturated heterocycles. The predicted octanol–water partition coefficient (Wildman–Crippen LogP) is 3.30. The van der Waals surface area contributed by atoms with E-state index in [1.165, 1.54) is 12.8 Å². The summed E-state index contributed by atoms with van der Waals surface area (Å²) in [6.07, 6.45) is 4.70. The number of nitrogens with zero attached hydrogens (tertiary/aromatic N) is 1. The maximum Gasteiger partial charge on any atom is 0.311 e. The average Bonchev–Trinajstić information content (AvgIpc) is 2.88. The van der Waals surface area contributed by atoms with Crippen molar-refractivity contribution in [1.29, 1.82) is 0 Å². The minimum atomic E-state index is -0.255. The van der Waals surface area contributed by atoms with Crippen molar-refractivity contribution < 1.29 is 14.3 Å². The molecule has 0 aliphatic heterocycles. The van der Waals surface area contributed by atoms with Gasteiger partial charge in [0.1, 0.15) is 10.6 Å². The summed E-state index contributed by atoms with van der Waals surface area (Å²) in [4.78, 5) is 16.1. The number of carbonyl (C=O) groups is 1. The minimum Gasteiger partial charge on any atom is -0.466 e. The lowest BCUT2D eigenvalue weighted by Crippen LogP contribution is -2.34. The van der Waals surface area contributed by atoms with E-state index < -0.39 is 0 Å². The first-order chi connectivity index (χ1) is 9.59. The first kappa shape index (κ1) is 15.4. The molecule has 1 saturated carbocycles. The fraction of sp³-hybridized carbons (Fsp3) is 0.733. The molecule has 1 aliphatic rings. The molecule has 0 aromatic carbocycles. The van der Waals surface area contributed by atoms with Crippen LogP contribution in [0.4, 0.5) is 0 Å². The number of methoxy groups -OCH3 is 1. The molecule has 0 N–H and O–H groups in total. The summed E-state index contributed by atoms with van der Waals surface area (Å²) in [5, 5.41) is 2.96. The maximum absolute atomic E-state index is 11.5. The molecule has 1 aromatic heterocycles. The lowest BCUT2D eigenvalue weighted by atomic mass is 9.79. The Balaban J connectivity index is 2.11. The molecule has 1 aliphatic carbocycles. The standard InChI is InChI=1S/C15H23NO3S/c1-4-19-13(17)8-12-10-20-14(16-12)15(18-3)7-5-6-11(2)9-15/h10-11H,4-9H2,1-3H3. The summed E-state index contributed by atoms with van der Waals surface area (Å²) in [6, 6.07) is 0. The third-order valence-corrected chi connectivity index (χ3v) is 5.00. The van der Waals surface area contributed by atoms with Gasteiger partial charge in [-0.1, -0.05) is 13.3 Å². The van der Waals surface area contributed by atoms with E-state index in [0.717, 1.165) is 23.5 Å². The normalized spacial score (nSPS) is 26.4. The molecule has 112 valence electrons. The van der Waals surface area contributed by atoms with Gasteiger partial charge in [0, 0.05) is 12.5 Å². The predicted molar refractivity (Wildman–Crippen MR) is 78.8 cm³/mol. The van der Waals surface area contributed by atoms with Gasteiger partial charge in [0.2, 0.25) is 0 Å². The van der Waals surface area contributed by atoms with Gasteiger partial charge in [0.05, 0.1) is 18.7 Å². The number of thiazole rings is 1. The summed E-state index contributed by atoms with van der Waals surface area (Å²) in [5.74, 6) is 0.439. The first-order valence-corrected chi connectivity index (χ1v) is 8.13. The van der Waals surface area contributed by atoms with E-state index in [-0.39, 0.29) is 18.0 Å². The lowest BCUT2D eigenvalue weighted by molar-refractivity contribution is -0.142. The van der Waals surface area contributed by atoms with E-state index in [1.54, 1.807) is 18.4 Å². The van der Waals surface area contributed by atoms with Crippen LogP contribution in [-0.4, -0.2) is 24.7 Å². The zero-order chi connectivity index (χ0) is 14.6. The molecule has 1 aromatic rings. The summed E-state index contributed by atoms with van der Waals surface area (Å²) in [5.41, 5.74) is 0.535. The Morgan fingerprint density at radius 1 is 1.60 bits per heavy atom. The Labute approximate surface area is 124 Å². The number of esters is 1. The van der Waals surface area contributed by atoms with Crippen molar-refractivity contribution in [3.63, 3.8) is 0 Å². The van der Waals surface area contributed by atoms with Crippen LogP contribution in [0.15, 0.2) is 5.38 Å². The minimum absolute atomic E-state index is 0.215. The van der Waals surface area contributed by atoms with Crippen LogP contribution < -0.4 is 0 Å². The van der Waals surface area contributed by atoms with Crippen molar-refractivity contribution in [3.8, 4) is 0 Å². The molecule has 1 fully saturated rings. The molecule has 2 atom stereocenters. The second-order valence-electron chi connectivity index (χ2n) is 5.53. The summed E-state index contributed by atoms with van der Waals surface area (Å²) in [7, 11) is 1.77. The molecule has 0 radical (unpaired) electrons. The van der Waals surface area contributed by atoms with Crippen molar-refractivity contribution in [2.45, 2.75) is 51.6 Å². The first-order valence-electron chi connectivity index (χ1n) is 7.25. The van der Waals surface area contributed by atoms with Gasteiger partial charge < -0.3 is 9.47 Å². The SMILES string of the molecule is CCOC(=O)Cc1csc(C2(OC)CCCC(C)C2)n1. The van der Waals surface area contributed by atoms with E-state index in [4.69, 9.17) is 9.47 Å². The zero-order valence-corrected chi connectivity index (χ0v) is 13.3. The van der Waals surface area contributed by atoms with E-state index in [2.05, 4.69) is 11.9 Å². The van der Waals surface area contributed by atoms with Gasteiger partial charge in [-0.3, -0.25) is 4.79 Å². The molecule has 5 heteroatoms. The smallest absolute Gasteiger partial charge is 0.311 e. The molecular weight excluding hydrogens is 274 g/mol. The van der Waals surface area contributed by atoms with E-state index in [9.17, 15) is 4.79 Å². The Kier molecular flexibility index (Phi) is 5.16. The van der Waals surface area contributed by atoms with Crippen molar-refractivity contribution in [2.75, 3.05) is 13.7 Å². The summed E-state index contributed by atoms with van der Waals surface area (Å²) < 4.78 is 10.8. The van der Waals surface area contributed by atoms with Gasteiger partial charge in [0.25, 0.3) is 0 Å². The van der Waals surface area contributed by atoms with Crippen molar-refractivity contribution in [2.24, 2.45) is 5.92 Å². The summed E-state index contributed by atoms with van der Waals surface area (Å²) in [6.45, 7) is 4.49.